The number of nitrogens with zero attached hydrogens (tertiary/aromatic N) is 4. The molecule has 0 aliphatic rings. The van der Waals surface area contributed by atoms with Gasteiger partial charge in [-0.05, 0) is 41.5 Å². The lowest BCUT2D eigenvalue weighted by Crippen LogP contribution is -2.28. The minimum atomic E-state index is -3.70. The zero-order valence-corrected chi connectivity index (χ0v) is 19.2. The second-order valence-electron chi connectivity index (χ2n) is 7.61. The first-order chi connectivity index (χ1) is 17.0. The highest BCUT2D eigenvalue weighted by atomic mass is 32.2. The summed E-state index contributed by atoms with van der Waals surface area (Å²) in [5.74, 6) is 0.222. The van der Waals surface area contributed by atoms with E-state index in [1.165, 1.54) is 16.6 Å². The van der Waals surface area contributed by atoms with E-state index < -0.39 is 15.8 Å². The Morgan fingerprint density at radius 3 is 2.34 bits per heavy atom. The summed E-state index contributed by atoms with van der Waals surface area (Å²) in [5, 5.41) is 12.4. The number of fused-ring (bicyclic) bond motifs is 1. The first kappa shape index (κ1) is 22.6. The van der Waals surface area contributed by atoms with Crippen LogP contribution in [0.2, 0.25) is 0 Å². The molecule has 0 atom stereocenters. The van der Waals surface area contributed by atoms with Crippen molar-refractivity contribution in [2.24, 2.45) is 0 Å². The van der Waals surface area contributed by atoms with E-state index in [9.17, 15) is 12.8 Å². The van der Waals surface area contributed by atoms with Gasteiger partial charge in [0.25, 0.3) is 0 Å². The van der Waals surface area contributed by atoms with Gasteiger partial charge >= 0.3 is 0 Å². The average molecular weight is 490 g/mol. The van der Waals surface area contributed by atoms with Crippen molar-refractivity contribution < 1.29 is 17.5 Å². The molecule has 3 aromatic carbocycles. The number of hydrogen-bond donors (Lipinski definition) is 1. The molecule has 0 amide bonds. The molecule has 0 radical (unpaired) electrons. The Labute approximate surface area is 201 Å². The fraction of sp³-hybridized carbons (Fsp3) is 0.0800. The molecule has 0 saturated carbocycles. The molecular formula is C25H20FN5O3S. The molecule has 176 valence electrons. The minimum Gasteiger partial charge on any atom is -0.475 e. The number of sulfonamides is 1. The summed E-state index contributed by atoms with van der Waals surface area (Å²) in [6.07, 6.45) is 0. The fourth-order valence-electron chi connectivity index (χ4n) is 3.53. The first-order valence-electron chi connectivity index (χ1n) is 10.8. The molecule has 0 aliphatic carbocycles. The smallest absolute Gasteiger partial charge is 0.240 e. The highest BCUT2D eigenvalue weighted by molar-refractivity contribution is 7.89. The molecule has 2 aromatic heterocycles. The van der Waals surface area contributed by atoms with Crippen LogP contribution in [0.15, 0.2) is 95.9 Å². The summed E-state index contributed by atoms with van der Waals surface area (Å²) in [7, 11) is -3.70. The third-order valence-electron chi connectivity index (χ3n) is 5.24. The Morgan fingerprint density at radius 2 is 1.57 bits per heavy atom. The van der Waals surface area contributed by atoms with Crippen molar-refractivity contribution >= 4 is 15.7 Å². The van der Waals surface area contributed by atoms with Crippen molar-refractivity contribution in [3.8, 4) is 28.4 Å². The van der Waals surface area contributed by atoms with Crippen LogP contribution in [0.1, 0.15) is 0 Å². The Hall–Kier alpha value is -4.15. The van der Waals surface area contributed by atoms with Gasteiger partial charge in [-0.15, -0.1) is 15.3 Å². The van der Waals surface area contributed by atoms with E-state index in [4.69, 9.17) is 4.74 Å². The van der Waals surface area contributed by atoms with Gasteiger partial charge in [0, 0.05) is 18.2 Å². The van der Waals surface area contributed by atoms with Crippen LogP contribution in [0.5, 0.6) is 5.88 Å². The minimum absolute atomic E-state index is 0.0431. The number of rotatable bonds is 8. The topological polar surface area (TPSA) is 98.5 Å². The summed E-state index contributed by atoms with van der Waals surface area (Å²) >= 11 is 0. The number of halogens is 1. The quantitative estimate of drug-likeness (QED) is 0.332. The van der Waals surface area contributed by atoms with Gasteiger partial charge in [-0.1, -0.05) is 54.6 Å². The van der Waals surface area contributed by atoms with E-state index in [1.807, 2.05) is 30.3 Å². The molecule has 2 heterocycles. The second-order valence-corrected chi connectivity index (χ2v) is 9.38. The predicted octanol–water partition coefficient (Wildman–Crippen LogP) is 3.95. The lowest BCUT2D eigenvalue weighted by molar-refractivity contribution is 0.306. The number of ether oxygens (including phenoxy) is 1. The third kappa shape index (κ3) is 5.03. The van der Waals surface area contributed by atoms with Crippen LogP contribution in [0.3, 0.4) is 0 Å². The van der Waals surface area contributed by atoms with Gasteiger partial charge in [0.2, 0.25) is 15.9 Å². The number of hydrogen-bond acceptors (Lipinski definition) is 6. The average Bonchev–Trinajstić information content (AvgIpc) is 3.31. The van der Waals surface area contributed by atoms with Gasteiger partial charge in [0.1, 0.15) is 12.4 Å². The molecule has 35 heavy (non-hydrogen) atoms. The fourth-order valence-corrected chi connectivity index (χ4v) is 4.54. The van der Waals surface area contributed by atoms with E-state index in [2.05, 4.69) is 20.0 Å². The maximum Gasteiger partial charge on any atom is 0.240 e. The zero-order chi connectivity index (χ0) is 24.3. The van der Waals surface area contributed by atoms with E-state index in [1.54, 1.807) is 48.5 Å². The zero-order valence-electron chi connectivity index (χ0n) is 18.4. The van der Waals surface area contributed by atoms with E-state index in [-0.39, 0.29) is 23.9 Å². The Balaban J connectivity index is 1.22. The van der Waals surface area contributed by atoms with Crippen molar-refractivity contribution in [3.63, 3.8) is 0 Å². The molecule has 0 aliphatic heterocycles. The van der Waals surface area contributed by atoms with Crippen molar-refractivity contribution in [2.75, 3.05) is 13.2 Å². The monoisotopic (exact) mass is 489 g/mol. The van der Waals surface area contributed by atoms with Crippen LogP contribution >= 0.6 is 0 Å². The van der Waals surface area contributed by atoms with Crippen LogP contribution in [-0.4, -0.2) is 41.4 Å². The largest absolute Gasteiger partial charge is 0.475 e. The van der Waals surface area contributed by atoms with Crippen LogP contribution in [0, 0.1) is 5.82 Å². The van der Waals surface area contributed by atoms with Gasteiger partial charge < -0.3 is 4.74 Å². The van der Waals surface area contributed by atoms with Gasteiger partial charge in [0.15, 0.2) is 11.5 Å². The Morgan fingerprint density at radius 1 is 0.829 bits per heavy atom. The van der Waals surface area contributed by atoms with Crippen LogP contribution in [-0.2, 0) is 10.0 Å². The number of benzene rings is 3. The molecule has 5 rings (SSSR count). The molecule has 8 nitrogen and oxygen atoms in total. The highest BCUT2D eigenvalue weighted by Crippen LogP contribution is 2.21. The lowest BCUT2D eigenvalue weighted by atomic mass is 10.1. The highest BCUT2D eigenvalue weighted by Gasteiger charge is 2.14. The lowest BCUT2D eigenvalue weighted by Gasteiger charge is -2.09. The molecular weight excluding hydrogens is 469 g/mol. The van der Waals surface area contributed by atoms with E-state index in [0.29, 0.717) is 17.0 Å². The van der Waals surface area contributed by atoms with Gasteiger partial charge in [0.05, 0.1) is 4.90 Å². The maximum atomic E-state index is 13.6. The molecule has 0 fully saturated rings. The van der Waals surface area contributed by atoms with Crippen molar-refractivity contribution in [1.82, 2.24) is 24.5 Å². The number of nitrogens with one attached hydrogen (secondary N) is 1. The summed E-state index contributed by atoms with van der Waals surface area (Å²) in [5.41, 5.74) is 2.93. The van der Waals surface area contributed by atoms with Crippen molar-refractivity contribution in [3.05, 3.63) is 96.8 Å². The van der Waals surface area contributed by atoms with E-state index in [0.717, 1.165) is 11.1 Å². The van der Waals surface area contributed by atoms with Crippen molar-refractivity contribution in [2.45, 2.75) is 4.90 Å². The molecule has 1 N–H and O–H groups in total. The summed E-state index contributed by atoms with van der Waals surface area (Å²) in [4.78, 5) is 0.168. The summed E-state index contributed by atoms with van der Waals surface area (Å²) < 4.78 is 48.4. The van der Waals surface area contributed by atoms with Gasteiger partial charge in [-0.25, -0.2) is 17.5 Å². The normalized spacial score (nSPS) is 11.6. The van der Waals surface area contributed by atoms with Crippen LogP contribution in [0.25, 0.3) is 28.2 Å². The van der Waals surface area contributed by atoms with E-state index >= 15 is 0 Å². The molecule has 5 aromatic rings. The molecule has 0 spiro atoms. The molecule has 0 bridgehead atoms. The Kier molecular flexibility index (Phi) is 6.21. The summed E-state index contributed by atoms with van der Waals surface area (Å²) in [6.45, 7) is 0.0959. The Bertz CT molecular complexity index is 1570. The molecule has 0 saturated heterocycles. The van der Waals surface area contributed by atoms with Crippen molar-refractivity contribution in [1.29, 1.82) is 0 Å². The number of aromatic nitrogens is 4. The van der Waals surface area contributed by atoms with Crippen LogP contribution in [0.4, 0.5) is 4.39 Å². The standard InChI is InChI=1S/C25H20FN5O3S/c26-21-8-4-7-20(17-21)25-29-28-23-13-14-24(30-31(23)25)34-16-15-27-35(32,33)22-11-9-19(10-12-22)18-5-2-1-3-6-18/h1-14,17,27H,15-16H2. The molecule has 0 unspecified atom stereocenters. The predicted molar refractivity (Wildman–Crippen MR) is 129 cm³/mol. The van der Waals surface area contributed by atoms with Gasteiger partial charge in [-0.3, -0.25) is 0 Å². The molecule has 10 heteroatoms. The SMILES string of the molecule is O=S(=O)(NCCOc1ccc2nnc(-c3cccc(F)c3)n2n1)c1ccc(-c2ccccc2)cc1. The van der Waals surface area contributed by atoms with Gasteiger partial charge in [-0.2, -0.15) is 4.52 Å². The summed E-state index contributed by atoms with van der Waals surface area (Å²) in [6, 6.07) is 25.6. The third-order valence-corrected chi connectivity index (χ3v) is 6.71. The first-order valence-corrected chi connectivity index (χ1v) is 12.2. The second kappa shape index (κ2) is 9.61. The van der Waals surface area contributed by atoms with Crippen LogP contribution < -0.4 is 9.46 Å². The maximum absolute atomic E-state index is 13.6.